The zero-order chi connectivity index (χ0) is 17.7. The molecule has 0 aliphatic heterocycles. The number of ether oxygens (including phenoxy) is 1. The van der Waals surface area contributed by atoms with Crippen LogP contribution in [0.4, 0.5) is 5.69 Å². The average molecular weight is 403 g/mol. The Labute approximate surface area is 161 Å². The van der Waals surface area contributed by atoms with E-state index in [4.69, 9.17) is 4.74 Å². The van der Waals surface area contributed by atoms with E-state index in [0.717, 1.165) is 49.2 Å². The Morgan fingerprint density at radius 2 is 1.88 bits per heavy atom. The normalized spacial score (nSPS) is 13.4. The highest BCUT2D eigenvalue weighted by Crippen LogP contribution is 2.19. The summed E-state index contributed by atoms with van der Waals surface area (Å²) in [5.41, 5.74) is 1.29. The molecule has 1 radical (unpaired) electrons. The van der Waals surface area contributed by atoms with Crippen molar-refractivity contribution >= 4 is 21.6 Å². The van der Waals surface area contributed by atoms with Gasteiger partial charge in [-0.1, -0.05) is 40.9 Å². The SMILES string of the molecule is C=CCCN(CCCCCCOC1=CC[CH]C=C1)c1ccc(Br)cc1. The van der Waals surface area contributed by atoms with Gasteiger partial charge < -0.3 is 9.64 Å². The molecular weight excluding hydrogens is 374 g/mol. The fraction of sp³-hybridized carbons (Fsp3) is 0.409. The molecule has 0 spiro atoms. The molecule has 0 saturated heterocycles. The van der Waals surface area contributed by atoms with Gasteiger partial charge in [-0.3, -0.25) is 0 Å². The zero-order valence-corrected chi connectivity index (χ0v) is 16.6. The molecule has 1 aliphatic carbocycles. The molecule has 0 saturated carbocycles. The van der Waals surface area contributed by atoms with Gasteiger partial charge in [-0.15, -0.1) is 6.58 Å². The van der Waals surface area contributed by atoms with E-state index in [1.807, 2.05) is 12.2 Å². The van der Waals surface area contributed by atoms with Crippen molar-refractivity contribution < 1.29 is 4.74 Å². The Kier molecular flexibility index (Phi) is 9.50. The van der Waals surface area contributed by atoms with E-state index < -0.39 is 0 Å². The Morgan fingerprint density at radius 1 is 1.08 bits per heavy atom. The quantitative estimate of drug-likeness (QED) is 0.293. The predicted molar refractivity (Wildman–Crippen MR) is 112 cm³/mol. The number of benzene rings is 1. The smallest absolute Gasteiger partial charge is 0.115 e. The van der Waals surface area contributed by atoms with Crippen LogP contribution in [-0.2, 0) is 4.74 Å². The van der Waals surface area contributed by atoms with Gasteiger partial charge in [0.1, 0.15) is 5.76 Å². The molecule has 3 heteroatoms. The van der Waals surface area contributed by atoms with Gasteiger partial charge in [0.15, 0.2) is 0 Å². The molecule has 0 bridgehead atoms. The van der Waals surface area contributed by atoms with Gasteiger partial charge in [0, 0.05) is 23.2 Å². The largest absolute Gasteiger partial charge is 0.494 e. The van der Waals surface area contributed by atoms with Crippen molar-refractivity contribution in [2.45, 2.75) is 38.5 Å². The van der Waals surface area contributed by atoms with Crippen molar-refractivity contribution in [2.24, 2.45) is 0 Å². The number of hydrogen-bond acceptors (Lipinski definition) is 2. The molecule has 1 aliphatic rings. The molecule has 1 aromatic carbocycles. The Bertz CT molecular complexity index is 562. The van der Waals surface area contributed by atoms with Crippen LogP contribution in [0.25, 0.3) is 0 Å². The lowest BCUT2D eigenvalue weighted by Crippen LogP contribution is -2.25. The topological polar surface area (TPSA) is 12.5 Å². The minimum atomic E-state index is 0.822. The molecular formula is C22H29BrNO. The number of hydrogen-bond donors (Lipinski definition) is 0. The summed E-state index contributed by atoms with van der Waals surface area (Å²) in [6.07, 6.45) is 17.2. The van der Waals surface area contributed by atoms with E-state index in [-0.39, 0.29) is 0 Å². The van der Waals surface area contributed by atoms with Crippen molar-refractivity contribution in [2.75, 3.05) is 24.6 Å². The van der Waals surface area contributed by atoms with Crippen molar-refractivity contribution in [1.29, 1.82) is 0 Å². The van der Waals surface area contributed by atoms with Crippen molar-refractivity contribution in [3.05, 3.63) is 71.8 Å². The van der Waals surface area contributed by atoms with Gasteiger partial charge in [0.05, 0.1) is 6.61 Å². The van der Waals surface area contributed by atoms with Crippen LogP contribution < -0.4 is 4.90 Å². The molecule has 0 N–H and O–H groups in total. The summed E-state index contributed by atoms with van der Waals surface area (Å²) < 4.78 is 6.90. The maximum Gasteiger partial charge on any atom is 0.115 e. The number of rotatable bonds is 12. The first-order valence-electron chi connectivity index (χ1n) is 9.24. The Hall–Kier alpha value is -1.48. The van der Waals surface area contributed by atoms with Gasteiger partial charge in [0.2, 0.25) is 0 Å². The first-order chi connectivity index (χ1) is 12.3. The molecule has 0 aromatic heterocycles. The second-order valence-electron chi connectivity index (χ2n) is 6.24. The van der Waals surface area contributed by atoms with E-state index >= 15 is 0 Å². The lowest BCUT2D eigenvalue weighted by molar-refractivity contribution is 0.215. The van der Waals surface area contributed by atoms with Crippen molar-refractivity contribution in [1.82, 2.24) is 0 Å². The van der Waals surface area contributed by atoms with Crippen LogP contribution >= 0.6 is 15.9 Å². The fourth-order valence-electron chi connectivity index (χ4n) is 2.82. The summed E-state index contributed by atoms with van der Waals surface area (Å²) in [7, 11) is 0. The minimum absolute atomic E-state index is 0.822. The van der Waals surface area contributed by atoms with E-state index in [1.54, 1.807) is 0 Å². The van der Waals surface area contributed by atoms with Crippen LogP contribution in [0.2, 0.25) is 0 Å². The highest BCUT2D eigenvalue weighted by Gasteiger charge is 2.05. The molecule has 1 aromatic rings. The first kappa shape index (κ1) is 19.8. The van der Waals surface area contributed by atoms with E-state index in [2.05, 4.69) is 70.2 Å². The monoisotopic (exact) mass is 402 g/mol. The molecule has 2 nitrogen and oxygen atoms in total. The standard InChI is InChI=1S/C22H29BrNO/c1-2-3-17-24(21-15-13-20(23)14-16-21)18-9-4-5-10-19-25-22-11-7-6-8-12-22/h2,6-7,11-16H,1,3-5,8-10,17-19H2. The number of allylic oxidation sites excluding steroid dienone is 3. The first-order valence-corrected chi connectivity index (χ1v) is 10.0. The van der Waals surface area contributed by atoms with E-state index in [1.165, 1.54) is 24.9 Å². The van der Waals surface area contributed by atoms with Gasteiger partial charge in [0.25, 0.3) is 0 Å². The van der Waals surface area contributed by atoms with Gasteiger partial charge >= 0.3 is 0 Å². The molecule has 0 fully saturated rings. The Balaban J connectivity index is 1.63. The number of halogens is 1. The third-order valence-corrected chi connectivity index (χ3v) is 4.77. The summed E-state index contributed by atoms with van der Waals surface area (Å²) in [6, 6.07) is 8.59. The predicted octanol–water partition coefficient (Wildman–Crippen LogP) is 6.46. The molecule has 0 amide bonds. The number of anilines is 1. The molecule has 0 heterocycles. The van der Waals surface area contributed by atoms with Crippen LogP contribution in [0.3, 0.4) is 0 Å². The zero-order valence-electron chi connectivity index (χ0n) is 15.0. The van der Waals surface area contributed by atoms with Gasteiger partial charge in [-0.05, 0) is 68.5 Å². The molecule has 2 rings (SSSR count). The average Bonchev–Trinajstić information content (AvgIpc) is 2.65. The van der Waals surface area contributed by atoms with Gasteiger partial charge in [-0.2, -0.15) is 0 Å². The third kappa shape index (κ3) is 7.96. The Morgan fingerprint density at radius 3 is 2.60 bits per heavy atom. The lowest BCUT2D eigenvalue weighted by atomic mass is 10.1. The number of unbranched alkanes of at least 4 members (excludes halogenated alkanes) is 3. The summed E-state index contributed by atoms with van der Waals surface area (Å²) in [5, 5.41) is 0. The van der Waals surface area contributed by atoms with Crippen molar-refractivity contribution in [3.8, 4) is 0 Å². The molecule has 25 heavy (non-hydrogen) atoms. The lowest BCUT2D eigenvalue weighted by Gasteiger charge is -2.24. The summed E-state index contributed by atoms with van der Waals surface area (Å²) >= 11 is 3.51. The summed E-state index contributed by atoms with van der Waals surface area (Å²) in [4.78, 5) is 2.46. The van der Waals surface area contributed by atoms with Gasteiger partial charge in [-0.25, -0.2) is 0 Å². The van der Waals surface area contributed by atoms with Crippen LogP contribution in [0.15, 0.2) is 65.4 Å². The maximum atomic E-state index is 5.77. The van der Waals surface area contributed by atoms with Crippen LogP contribution in [0, 0.1) is 6.42 Å². The van der Waals surface area contributed by atoms with Crippen LogP contribution in [-0.4, -0.2) is 19.7 Å². The van der Waals surface area contributed by atoms with E-state index in [9.17, 15) is 0 Å². The summed E-state index contributed by atoms with van der Waals surface area (Å²) in [6.45, 7) is 6.80. The number of nitrogens with zero attached hydrogens (tertiary/aromatic N) is 1. The van der Waals surface area contributed by atoms with E-state index in [0.29, 0.717) is 0 Å². The minimum Gasteiger partial charge on any atom is -0.494 e. The highest BCUT2D eigenvalue weighted by molar-refractivity contribution is 9.10. The summed E-state index contributed by atoms with van der Waals surface area (Å²) in [5.74, 6) is 1.02. The second-order valence-corrected chi connectivity index (χ2v) is 7.16. The maximum absolute atomic E-state index is 5.77. The fourth-order valence-corrected chi connectivity index (χ4v) is 3.08. The molecule has 0 unspecified atom stereocenters. The highest BCUT2D eigenvalue weighted by atomic mass is 79.9. The van der Waals surface area contributed by atoms with Crippen molar-refractivity contribution in [3.63, 3.8) is 0 Å². The van der Waals surface area contributed by atoms with Crippen LogP contribution in [0.1, 0.15) is 38.5 Å². The van der Waals surface area contributed by atoms with Crippen LogP contribution in [0.5, 0.6) is 0 Å². The molecule has 0 atom stereocenters. The third-order valence-electron chi connectivity index (χ3n) is 4.24. The second kappa shape index (κ2) is 12.0. The molecule has 135 valence electrons.